The van der Waals surface area contributed by atoms with Crippen LogP contribution in [0.1, 0.15) is 13.3 Å². The number of rotatable bonds is 9. The molecule has 0 unspecified atom stereocenters. The van der Waals surface area contributed by atoms with E-state index in [-0.39, 0.29) is 27.8 Å². The van der Waals surface area contributed by atoms with Gasteiger partial charge in [-0.05, 0) is 55.7 Å². The van der Waals surface area contributed by atoms with Crippen molar-refractivity contribution in [3.8, 4) is 0 Å². The summed E-state index contributed by atoms with van der Waals surface area (Å²) in [6.07, 6.45) is -2.76. The average Bonchev–Trinajstić information content (AvgIpc) is 2.72. The molecule has 0 fully saturated rings. The Balaban J connectivity index is 2.38. The highest BCUT2D eigenvalue weighted by Crippen LogP contribution is 2.34. The first-order valence-electron chi connectivity index (χ1n) is 9.29. The molecule has 0 bridgehead atoms. The van der Waals surface area contributed by atoms with E-state index in [9.17, 15) is 31.5 Å². The molecule has 0 aliphatic heterocycles. The van der Waals surface area contributed by atoms with Crippen LogP contribution in [0.15, 0.2) is 53.4 Å². The summed E-state index contributed by atoms with van der Waals surface area (Å²) < 4.78 is 66.2. The molecule has 0 saturated carbocycles. The molecule has 0 spiro atoms. The van der Waals surface area contributed by atoms with Gasteiger partial charge in [0.15, 0.2) is 0 Å². The van der Waals surface area contributed by atoms with Gasteiger partial charge in [0, 0.05) is 6.54 Å². The Morgan fingerprint density at radius 3 is 2.34 bits per heavy atom. The van der Waals surface area contributed by atoms with Crippen LogP contribution in [0, 0.1) is 0 Å². The number of aliphatic hydroxyl groups is 1. The van der Waals surface area contributed by atoms with E-state index < -0.39 is 27.7 Å². The van der Waals surface area contributed by atoms with Crippen molar-refractivity contribution in [3.05, 3.63) is 53.6 Å². The number of sulfonamides is 1. The Kier molecular flexibility index (Phi) is 8.49. The maximum atomic E-state index is 13.2. The fourth-order valence-corrected chi connectivity index (χ4v) is 4.75. The van der Waals surface area contributed by atoms with Crippen LogP contribution >= 0.6 is 23.4 Å². The lowest BCUT2D eigenvalue weighted by Gasteiger charge is -2.26. The Labute approximate surface area is 193 Å². The van der Waals surface area contributed by atoms with E-state index >= 15 is 0 Å². The molecule has 0 radical (unpaired) electrons. The van der Waals surface area contributed by atoms with Gasteiger partial charge in [-0.15, -0.1) is 0 Å². The van der Waals surface area contributed by atoms with Crippen molar-refractivity contribution in [2.75, 3.05) is 28.2 Å². The van der Waals surface area contributed by atoms with Crippen molar-refractivity contribution < 1.29 is 31.5 Å². The highest BCUT2D eigenvalue weighted by Gasteiger charge is 2.55. The number of hydrogen-bond donors (Lipinski definition) is 2. The Bertz CT molecular complexity index is 1050. The van der Waals surface area contributed by atoms with Crippen molar-refractivity contribution in [2.24, 2.45) is 0 Å². The molecule has 6 nitrogen and oxygen atoms in total. The molecule has 2 N–H and O–H groups in total. The van der Waals surface area contributed by atoms with Gasteiger partial charge >= 0.3 is 6.18 Å². The molecule has 0 aliphatic carbocycles. The van der Waals surface area contributed by atoms with Gasteiger partial charge in [-0.25, -0.2) is 8.42 Å². The van der Waals surface area contributed by atoms with E-state index in [4.69, 9.17) is 11.6 Å². The minimum atomic E-state index is -5.19. The lowest BCUT2D eigenvalue weighted by Crippen LogP contribution is -2.52. The Morgan fingerprint density at radius 2 is 1.81 bits per heavy atom. The first-order chi connectivity index (χ1) is 14.8. The Hall–Kier alpha value is -1.95. The number of amides is 1. The van der Waals surface area contributed by atoms with Gasteiger partial charge in [-0.1, -0.05) is 29.8 Å². The van der Waals surface area contributed by atoms with Crippen molar-refractivity contribution >= 4 is 50.7 Å². The van der Waals surface area contributed by atoms with E-state index in [0.717, 1.165) is 4.31 Å². The predicted octanol–water partition coefficient (Wildman–Crippen LogP) is 4.54. The molecule has 12 heteroatoms. The molecule has 1 atom stereocenters. The number of thioether (sulfide) groups is 1. The third kappa shape index (κ3) is 5.89. The standard InChI is InChI=1S/C20H22ClF3N2O4S2/c1-19(28,20(22,23)24)18(27)25-17-10-9-14(13-16(17)21)26(11-6-12-31-2)32(29,30)15-7-4-3-5-8-15/h3-5,7-10,13,28H,6,11-12H2,1-2H3,(H,25,27)/t19-/m1/s1. The first kappa shape index (κ1) is 26.3. The van der Waals surface area contributed by atoms with Crippen LogP contribution in [-0.2, 0) is 14.8 Å². The SMILES string of the molecule is CSCCCN(c1ccc(NC(=O)[C@@](C)(O)C(F)(F)F)c(Cl)c1)S(=O)(=O)c1ccccc1. The number of nitrogens with one attached hydrogen (secondary N) is 1. The fourth-order valence-electron chi connectivity index (χ4n) is 2.59. The van der Waals surface area contributed by atoms with Crippen LogP contribution in [0.2, 0.25) is 5.02 Å². The number of alkyl halides is 3. The zero-order chi connectivity index (χ0) is 24.2. The molecule has 1 amide bonds. The molecule has 0 saturated heterocycles. The minimum absolute atomic E-state index is 0.0684. The van der Waals surface area contributed by atoms with Gasteiger partial charge in [0.1, 0.15) is 0 Å². The van der Waals surface area contributed by atoms with Crippen molar-refractivity contribution in [3.63, 3.8) is 0 Å². The maximum Gasteiger partial charge on any atom is 0.426 e. The fraction of sp³-hybridized carbons (Fsp3) is 0.350. The summed E-state index contributed by atoms with van der Waals surface area (Å²) in [6.45, 7) is 0.466. The molecule has 0 aliphatic rings. The van der Waals surface area contributed by atoms with Gasteiger partial charge in [0.05, 0.1) is 21.3 Å². The molecular weight excluding hydrogens is 489 g/mol. The van der Waals surface area contributed by atoms with Crippen molar-refractivity contribution in [2.45, 2.75) is 30.0 Å². The summed E-state index contributed by atoms with van der Waals surface area (Å²) in [5, 5.41) is 11.2. The highest BCUT2D eigenvalue weighted by molar-refractivity contribution is 7.98. The van der Waals surface area contributed by atoms with Crippen LogP contribution in [0.25, 0.3) is 0 Å². The summed E-state index contributed by atoms with van der Waals surface area (Å²) in [5.41, 5.74) is -3.65. The zero-order valence-corrected chi connectivity index (χ0v) is 19.6. The topological polar surface area (TPSA) is 86.7 Å². The number of hydrogen-bond acceptors (Lipinski definition) is 5. The minimum Gasteiger partial charge on any atom is -0.373 e. The third-order valence-electron chi connectivity index (χ3n) is 4.52. The molecule has 0 aromatic heterocycles. The monoisotopic (exact) mass is 510 g/mol. The number of benzene rings is 2. The van der Waals surface area contributed by atoms with Gasteiger partial charge in [-0.2, -0.15) is 24.9 Å². The first-order valence-corrected chi connectivity index (χ1v) is 12.5. The smallest absolute Gasteiger partial charge is 0.373 e. The Morgan fingerprint density at radius 1 is 1.19 bits per heavy atom. The zero-order valence-electron chi connectivity index (χ0n) is 17.2. The molecule has 2 aromatic carbocycles. The van der Waals surface area contributed by atoms with E-state index in [1.54, 1.807) is 30.0 Å². The number of halogens is 4. The van der Waals surface area contributed by atoms with Gasteiger partial charge in [-0.3, -0.25) is 9.10 Å². The second kappa shape index (κ2) is 10.3. The summed E-state index contributed by atoms with van der Waals surface area (Å²) in [6, 6.07) is 11.5. The molecule has 2 rings (SSSR count). The van der Waals surface area contributed by atoms with Crippen molar-refractivity contribution in [1.29, 1.82) is 0 Å². The van der Waals surface area contributed by atoms with Crippen LogP contribution < -0.4 is 9.62 Å². The summed E-state index contributed by atoms with van der Waals surface area (Å²) >= 11 is 7.69. The van der Waals surface area contributed by atoms with E-state index in [2.05, 4.69) is 0 Å². The number of nitrogens with zero attached hydrogens (tertiary/aromatic N) is 1. The van der Waals surface area contributed by atoms with E-state index in [1.807, 2.05) is 11.6 Å². The highest BCUT2D eigenvalue weighted by atomic mass is 35.5. The van der Waals surface area contributed by atoms with Gasteiger partial charge in [0.25, 0.3) is 15.9 Å². The maximum absolute atomic E-state index is 13.2. The quantitative estimate of drug-likeness (QED) is 0.484. The lowest BCUT2D eigenvalue weighted by molar-refractivity contribution is -0.242. The molecular formula is C20H22ClF3N2O4S2. The van der Waals surface area contributed by atoms with Gasteiger partial charge in [0.2, 0.25) is 5.60 Å². The van der Waals surface area contributed by atoms with E-state index in [1.165, 1.54) is 30.3 Å². The summed E-state index contributed by atoms with van der Waals surface area (Å²) in [7, 11) is -3.94. The number of carbonyl (C=O) groups is 1. The molecule has 2 aromatic rings. The molecule has 32 heavy (non-hydrogen) atoms. The molecule has 0 heterocycles. The second-order valence-electron chi connectivity index (χ2n) is 6.92. The van der Waals surface area contributed by atoms with Crippen LogP contribution in [0.3, 0.4) is 0 Å². The molecule has 176 valence electrons. The van der Waals surface area contributed by atoms with Gasteiger partial charge < -0.3 is 10.4 Å². The van der Waals surface area contributed by atoms with Crippen LogP contribution in [0.4, 0.5) is 24.5 Å². The lowest BCUT2D eigenvalue weighted by atomic mass is 10.1. The van der Waals surface area contributed by atoms with Crippen LogP contribution in [-0.4, -0.2) is 49.8 Å². The second-order valence-corrected chi connectivity index (χ2v) is 10.2. The summed E-state index contributed by atoms with van der Waals surface area (Å²) in [5.74, 6) is -1.01. The van der Waals surface area contributed by atoms with E-state index in [0.29, 0.717) is 19.1 Å². The predicted molar refractivity (Wildman–Crippen MR) is 121 cm³/mol. The average molecular weight is 511 g/mol. The largest absolute Gasteiger partial charge is 0.426 e. The normalized spacial score (nSPS) is 14.0. The third-order valence-corrected chi connectivity index (χ3v) is 7.38. The van der Waals surface area contributed by atoms with Crippen molar-refractivity contribution in [1.82, 2.24) is 0 Å². The summed E-state index contributed by atoms with van der Waals surface area (Å²) in [4.78, 5) is 12.0. The van der Waals surface area contributed by atoms with Crippen LogP contribution in [0.5, 0.6) is 0 Å². The number of carbonyl (C=O) groups excluding carboxylic acids is 1. The number of anilines is 2.